The lowest BCUT2D eigenvalue weighted by molar-refractivity contribution is -0.142. The molecule has 0 aromatic heterocycles. The first-order valence-electron chi connectivity index (χ1n) is 8.03. The summed E-state index contributed by atoms with van der Waals surface area (Å²) in [5.41, 5.74) is 7.45. The lowest BCUT2D eigenvalue weighted by Crippen LogP contribution is -2.49. The Morgan fingerprint density at radius 2 is 1.76 bits per heavy atom. The highest BCUT2D eigenvalue weighted by Crippen LogP contribution is 2.09. The van der Waals surface area contributed by atoms with E-state index in [4.69, 9.17) is 5.73 Å². The molecule has 0 heterocycles. The largest absolute Gasteiger partial charge is 0.480 e. The molecular weight excluding hydrogens is 323 g/mol. The summed E-state index contributed by atoms with van der Waals surface area (Å²) < 4.78 is 13.2. The van der Waals surface area contributed by atoms with Gasteiger partial charge < -0.3 is 16.2 Å². The topological polar surface area (TPSA) is 92.4 Å². The van der Waals surface area contributed by atoms with Crippen molar-refractivity contribution < 1.29 is 19.1 Å². The van der Waals surface area contributed by atoms with E-state index >= 15 is 0 Å². The summed E-state index contributed by atoms with van der Waals surface area (Å²) in [4.78, 5) is 23.5. The molecule has 1 amide bonds. The SMILES string of the molecule is N[C@@H](Cc1ccccc1)C(=O)NC(CCc1cccc(F)c1)C(=O)O. The van der Waals surface area contributed by atoms with Crippen molar-refractivity contribution >= 4 is 11.9 Å². The zero-order chi connectivity index (χ0) is 18.2. The maximum absolute atomic E-state index is 13.2. The van der Waals surface area contributed by atoms with Gasteiger partial charge in [-0.25, -0.2) is 9.18 Å². The summed E-state index contributed by atoms with van der Waals surface area (Å²) in [7, 11) is 0. The second kappa shape index (κ2) is 8.94. The number of rotatable bonds is 8. The van der Waals surface area contributed by atoms with E-state index in [1.807, 2.05) is 30.3 Å². The van der Waals surface area contributed by atoms with E-state index in [0.29, 0.717) is 18.4 Å². The van der Waals surface area contributed by atoms with Gasteiger partial charge in [-0.05, 0) is 42.5 Å². The number of hydrogen-bond donors (Lipinski definition) is 3. The van der Waals surface area contributed by atoms with Crippen molar-refractivity contribution in [2.45, 2.75) is 31.3 Å². The van der Waals surface area contributed by atoms with E-state index in [9.17, 15) is 19.1 Å². The molecule has 0 aliphatic carbocycles. The molecule has 6 heteroatoms. The van der Waals surface area contributed by atoms with Crippen LogP contribution in [0.15, 0.2) is 54.6 Å². The number of halogens is 1. The highest BCUT2D eigenvalue weighted by Gasteiger charge is 2.23. The molecule has 0 saturated heterocycles. The van der Waals surface area contributed by atoms with Crippen LogP contribution in [0.1, 0.15) is 17.5 Å². The third kappa shape index (κ3) is 6.00. The quantitative estimate of drug-likeness (QED) is 0.682. The van der Waals surface area contributed by atoms with Crippen molar-refractivity contribution in [3.05, 3.63) is 71.5 Å². The van der Waals surface area contributed by atoms with Gasteiger partial charge in [0.15, 0.2) is 0 Å². The number of carboxylic acids is 1. The van der Waals surface area contributed by atoms with Crippen molar-refractivity contribution in [3.63, 3.8) is 0 Å². The molecule has 25 heavy (non-hydrogen) atoms. The fourth-order valence-electron chi connectivity index (χ4n) is 2.50. The molecule has 132 valence electrons. The Hall–Kier alpha value is -2.73. The minimum atomic E-state index is -1.14. The molecular formula is C19H21FN2O3. The van der Waals surface area contributed by atoms with E-state index in [0.717, 1.165) is 5.56 Å². The average molecular weight is 344 g/mol. The van der Waals surface area contributed by atoms with Crippen LogP contribution in [0.3, 0.4) is 0 Å². The standard InChI is InChI=1S/C19H21FN2O3/c20-15-8-4-7-14(11-15)9-10-17(19(24)25)22-18(23)16(21)12-13-5-2-1-3-6-13/h1-8,11,16-17H,9-10,12,21H2,(H,22,23)(H,24,25)/t16-,17?/m0/s1. The zero-order valence-electron chi connectivity index (χ0n) is 13.7. The van der Waals surface area contributed by atoms with Gasteiger partial charge in [-0.2, -0.15) is 0 Å². The summed E-state index contributed by atoms with van der Waals surface area (Å²) in [5.74, 6) is -2.04. The molecule has 2 aromatic carbocycles. The molecule has 0 aliphatic rings. The fourth-order valence-corrected chi connectivity index (χ4v) is 2.50. The van der Waals surface area contributed by atoms with Crippen molar-refractivity contribution in [3.8, 4) is 0 Å². The smallest absolute Gasteiger partial charge is 0.326 e. The Morgan fingerprint density at radius 1 is 1.08 bits per heavy atom. The Kier molecular flexibility index (Phi) is 6.65. The lowest BCUT2D eigenvalue weighted by atomic mass is 10.0. The average Bonchev–Trinajstić information content (AvgIpc) is 2.59. The van der Waals surface area contributed by atoms with E-state index in [2.05, 4.69) is 5.32 Å². The monoisotopic (exact) mass is 344 g/mol. The van der Waals surface area contributed by atoms with Crippen molar-refractivity contribution in [2.24, 2.45) is 5.73 Å². The number of aryl methyl sites for hydroxylation is 1. The van der Waals surface area contributed by atoms with Gasteiger partial charge in [0.05, 0.1) is 6.04 Å². The molecule has 1 unspecified atom stereocenters. The Morgan fingerprint density at radius 3 is 2.40 bits per heavy atom. The predicted molar refractivity (Wildman–Crippen MR) is 92.4 cm³/mol. The third-order valence-electron chi connectivity index (χ3n) is 3.86. The molecule has 4 N–H and O–H groups in total. The van der Waals surface area contributed by atoms with Gasteiger partial charge in [-0.1, -0.05) is 42.5 Å². The molecule has 0 saturated carbocycles. The number of carboxylic acid groups (broad SMARTS) is 1. The molecule has 0 radical (unpaired) electrons. The maximum Gasteiger partial charge on any atom is 0.326 e. The number of aliphatic carboxylic acids is 1. The Labute approximate surface area is 145 Å². The van der Waals surface area contributed by atoms with E-state index in [1.165, 1.54) is 12.1 Å². The molecule has 5 nitrogen and oxygen atoms in total. The Balaban J connectivity index is 1.91. The first-order valence-corrected chi connectivity index (χ1v) is 8.03. The first kappa shape index (κ1) is 18.6. The second-order valence-corrected chi connectivity index (χ2v) is 5.86. The minimum Gasteiger partial charge on any atom is -0.480 e. The molecule has 0 aliphatic heterocycles. The fraction of sp³-hybridized carbons (Fsp3) is 0.263. The van der Waals surface area contributed by atoms with Crippen LogP contribution in [-0.4, -0.2) is 29.1 Å². The van der Waals surface area contributed by atoms with E-state index < -0.39 is 24.0 Å². The normalized spacial score (nSPS) is 13.0. The van der Waals surface area contributed by atoms with Gasteiger partial charge in [0.2, 0.25) is 5.91 Å². The van der Waals surface area contributed by atoms with Crippen molar-refractivity contribution in [1.82, 2.24) is 5.32 Å². The van der Waals surface area contributed by atoms with Gasteiger partial charge in [0, 0.05) is 0 Å². The number of benzene rings is 2. The van der Waals surface area contributed by atoms with Crippen LogP contribution in [0.4, 0.5) is 4.39 Å². The lowest BCUT2D eigenvalue weighted by Gasteiger charge is -2.18. The summed E-state index contributed by atoms with van der Waals surface area (Å²) in [6.07, 6.45) is 0.814. The van der Waals surface area contributed by atoms with Crippen molar-refractivity contribution in [1.29, 1.82) is 0 Å². The van der Waals surface area contributed by atoms with Gasteiger partial charge in [-0.15, -0.1) is 0 Å². The van der Waals surface area contributed by atoms with Gasteiger partial charge in [0.1, 0.15) is 11.9 Å². The second-order valence-electron chi connectivity index (χ2n) is 5.86. The highest BCUT2D eigenvalue weighted by atomic mass is 19.1. The van der Waals surface area contributed by atoms with Crippen LogP contribution in [0.2, 0.25) is 0 Å². The number of nitrogens with one attached hydrogen (secondary N) is 1. The number of nitrogens with two attached hydrogens (primary N) is 1. The summed E-state index contributed by atoms with van der Waals surface area (Å²) in [6, 6.07) is 13.3. The van der Waals surface area contributed by atoms with Crippen LogP contribution < -0.4 is 11.1 Å². The van der Waals surface area contributed by atoms with Crippen LogP contribution in [-0.2, 0) is 22.4 Å². The van der Waals surface area contributed by atoms with Gasteiger partial charge in [-0.3, -0.25) is 4.79 Å². The summed E-state index contributed by atoms with van der Waals surface area (Å²) >= 11 is 0. The number of amides is 1. The number of carbonyl (C=O) groups excluding carboxylic acids is 1. The van der Waals surface area contributed by atoms with Crippen LogP contribution in [0.25, 0.3) is 0 Å². The van der Waals surface area contributed by atoms with E-state index in [1.54, 1.807) is 12.1 Å². The predicted octanol–water partition coefficient (Wildman–Crippen LogP) is 1.90. The molecule has 2 rings (SSSR count). The van der Waals surface area contributed by atoms with Crippen LogP contribution in [0.5, 0.6) is 0 Å². The summed E-state index contributed by atoms with van der Waals surface area (Å²) in [5, 5.41) is 11.8. The molecule has 2 aromatic rings. The summed E-state index contributed by atoms with van der Waals surface area (Å²) in [6.45, 7) is 0. The minimum absolute atomic E-state index is 0.155. The van der Waals surface area contributed by atoms with Crippen molar-refractivity contribution in [2.75, 3.05) is 0 Å². The molecule has 0 bridgehead atoms. The van der Waals surface area contributed by atoms with E-state index in [-0.39, 0.29) is 12.2 Å². The molecule has 2 atom stereocenters. The number of hydrogen-bond acceptors (Lipinski definition) is 3. The molecule has 0 fully saturated rings. The first-order chi connectivity index (χ1) is 12.0. The van der Waals surface area contributed by atoms with Gasteiger partial charge >= 0.3 is 5.97 Å². The van der Waals surface area contributed by atoms with Crippen LogP contribution in [0, 0.1) is 5.82 Å². The van der Waals surface area contributed by atoms with Crippen LogP contribution >= 0.6 is 0 Å². The zero-order valence-corrected chi connectivity index (χ0v) is 13.7. The van der Waals surface area contributed by atoms with Gasteiger partial charge in [0.25, 0.3) is 0 Å². The third-order valence-corrected chi connectivity index (χ3v) is 3.86. The number of carbonyl (C=O) groups is 2. The maximum atomic E-state index is 13.2. The highest BCUT2D eigenvalue weighted by molar-refractivity contribution is 5.87. The molecule has 0 spiro atoms. The Bertz CT molecular complexity index is 722.